The minimum Gasteiger partial charge on any atom is -0.486 e. The first-order valence-corrected chi connectivity index (χ1v) is 13.2. The van der Waals surface area contributed by atoms with Gasteiger partial charge in [0.15, 0.2) is 11.6 Å². The molecular weight excluding hydrogens is 477 g/mol. The fraction of sp³-hybridized carbons (Fsp3) is 0.452. The average molecular weight is 513 g/mol. The van der Waals surface area contributed by atoms with Crippen LogP contribution in [0.15, 0.2) is 55.1 Å². The molecule has 0 N–H and O–H groups in total. The minimum atomic E-state index is -0.955. The van der Waals surface area contributed by atoms with E-state index >= 15 is 8.78 Å². The van der Waals surface area contributed by atoms with E-state index in [-0.39, 0.29) is 35.2 Å². The van der Waals surface area contributed by atoms with Crippen LogP contribution < -0.4 is 9.47 Å². The van der Waals surface area contributed by atoms with Crippen LogP contribution in [0.4, 0.5) is 13.2 Å². The van der Waals surface area contributed by atoms with E-state index in [0.717, 1.165) is 56.2 Å². The molecule has 2 aliphatic rings. The molecule has 0 heterocycles. The quantitative estimate of drug-likeness (QED) is 0.192. The normalized spacial score (nSPS) is 23.5. The number of carbonyl (C=O) groups is 1. The molecule has 0 bridgehead atoms. The highest BCUT2D eigenvalue weighted by Crippen LogP contribution is 2.49. The summed E-state index contributed by atoms with van der Waals surface area (Å²) in [6.07, 6.45) is 14.2. The van der Waals surface area contributed by atoms with Gasteiger partial charge in [0.2, 0.25) is 0 Å². The molecule has 4 rings (SSSR count). The van der Waals surface area contributed by atoms with Crippen molar-refractivity contribution in [2.75, 3.05) is 6.61 Å². The number of carbonyl (C=O) groups excluding carboxylic acids is 1. The Labute approximate surface area is 217 Å². The van der Waals surface area contributed by atoms with Crippen LogP contribution in [0.2, 0.25) is 0 Å². The molecule has 0 spiro atoms. The van der Waals surface area contributed by atoms with Crippen molar-refractivity contribution in [1.82, 2.24) is 0 Å². The lowest BCUT2D eigenvalue weighted by Crippen LogP contribution is -2.31. The highest BCUT2D eigenvalue weighted by Gasteiger charge is 2.37. The van der Waals surface area contributed by atoms with Crippen LogP contribution in [0.1, 0.15) is 80.1 Å². The van der Waals surface area contributed by atoms with Crippen LogP contribution in [0.25, 0.3) is 0 Å². The molecule has 2 fully saturated rings. The molecular formula is C31H35F3O3. The Balaban J connectivity index is 1.39. The van der Waals surface area contributed by atoms with E-state index < -0.39 is 23.4 Å². The number of ether oxygens (including phenoxy) is 2. The molecule has 0 radical (unpaired) electrons. The van der Waals surface area contributed by atoms with E-state index in [1.807, 2.05) is 6.92 Å². The highest BCUT2D eigenvalue weighted by atomic mass is 19.1. The second kappa shape index (κ2) is 12.5. The third-order valence-electron chi connectivity index (χ3n) is 7.89. The smallest absolute Gasteiger partial charge is 0.343 e. The van der Waals surface area contributed by atoms with E-state index in [1.54, 1.807) is 0 Å². The number of hydrogen-bond donors (Lipinski definition) is 0. The summed E-state index contributed by atoms with van der Waals surface area (Å²) in [5.41, 5.74) is -0.179. The third-order valence-corrected chi connectivity index (χ3v) is 7.89. The van der Waals surface area contributed by atoms with Crippen molar-refractivity contribution in [3.8, 4) is 11.5 Å². The molecule has 0 aliphatic heterocycles. The van der Waals surface area contributed by atoms with E-state index in [2.05, 4.69) is 18.7 Å². The van der Waals surface area contributed by atoms with Crippen LogP contribution in [-0.4, -0.2) is 12.6 Å². The summed E-state index contributed by atoms with van der Waals surface area (Å²) in [5.74, 6) is -1.55. The fourth-order valence-electron chi connectivity index (χ4n) is 6.08. The Morgan fingerprint density at radius 2 is 1.73 bits per heavy atom. The van der Waals surface area contributed by atoms with E-state index in [1.165, 1.54) is 37.5 Å². The molecule has 6 heteroatoms. The van der Waals surface area contributed by atoms with Crippen LogP contribution >= 0.6 is 0 Å². The Hall–Kier alpha value is -3.02. The summed E-state index contributed by atoms with van der Waals surface area (Å²) < 4.78 is 54.8. The Bertz CT molecular complexity index is 1120. The molecule has 4 unspecified atom stereocenters. The molecule has 2 saturated carbocycles. The monoisotopic (exact) mass is 512 g/mol. The zero-order chi connectivity index (χ0) is 26.4. The number of esters is 1. The van der Waals surface area contributed by atoms with Crippen molar-refractivity contribution >= 4 is 5.97 Å². The van der Waals surface area contributed by atoms with Gasteiger partial charge >= 0.3 is 5.97 Å². The topological polar surface area (TPSA) is 35.5 Å². The van der Waals surface area contributed by atoms with Crippen molar-refractivity contribution in [2.45, 2.75) is 64.2 Å². The number of benzene rings is 2. The van der Waals surface area contributed by atoms with Gasteiger partial charge in [-0.2, -0.15) is 0 Å². The molecule has 3 nitrogen and oxygen atoms in total. The summed E-state index contributed by atoms with van der Waals surface area (Å²) in [6.45, 7) is 5.67. The summed E-state index contributed by atoms with van der Waals surface area (Å²) >= 11 is 0. The zero-order valence-electron chi connectivity index (χ0n) is 21.4. The number of hydrogen-bond acceptors (Lipinski definition) is 3. The maximum atomic E-state index is 15.2. The number of halogens is 3. The first kappa shape index (κ1) is 27.0. The van der Waals surface area contributed by atoms with Crippen LogP contribution in [0.3, 0.4) is 0 Å². The molecule has 2 aromatic carbocycles. The molecule has 2 aliphatic carbocycles. The molecule has 0 aromatic heterocycles. The maximum Gasteiger partial charge on any atom is 0.343 e. The van der Waals surface area contributed by atoms with Crippen molar-refractivity contribution in [2.24, 2.45) is 17.8 Å². The van der Waals surface area contributed by atoms with Gasteiger partial charge < -0.3 is 9.47 Å². The first-order chi connectivity index (χ1) is 17.9. The average Bonchev–Trinajstić information content (AvgIpc) is 2.88. The summed E-state index contributed by atoms with van der Waals surface area (Å²) in [5, 5.41) is 0. The van der Waals surface area contributed by atoms with Gasteiger partial charge in [0.25, 0.3) is 0 Å². The predicted molar refractivity (Wildman–Crippen MR) is 138 cm³/mol. The van der Waals surface area contributed by atoms with Crippen LogP contribution in [0, 0.1) is 35.2 Å². The van der Waals surface area contributed by atoms with Crippen LogP contribution in [0.5, 0.6) is 11.5 Å². The lowest BCUT2D eigenvalue weighted by Gasteiger charge is -2.42. The molecule has 2 aromatic rings. The Kier molecular flexibility index (Phi) is 9.12. The largest absolute Gasteiger partial charge is 0.486 e. The number of rotatable bonds is 9. The lowest BCUT2D eigenvalue weighted by molar-refractivity contribution is 0.0732. The third kappa shape index (κ3) is 6.65. The highest BCUT2D eigenvalue weighted by molar-refractivity contribution is 5.91. The predicted octanol–water partition coefficient (Wildman–Crippen LogP) is 8.54. The van der Waals surface area contributed by atoms with Gasteiger partial charge in [0, 0.05) is 11.6 Å². The van der Waals surface area contributed by atoms with Crippen molar-refractivity contribution < 1.29 is 27.4 Å². The van der Waals surface area contributed by atoms with E-state index in [9.17, 15) is 9.18 Å². The summed E-state index contributed by atoms with van der Waals surface area (Å²) in [6, 6.07) is 5.73. The molecule has 4 atom stereocenters. The second-order valence-corrected chi connectivity index (χ2v) is 10.3. The number of allylic oxidation sites excluding steroid dienone is 2. The fourth-order valence-corrected chi connectivity index (χ4v) is 6.08. The van der Waals surface area contributed by atoms with Crippen molar-refractivity contribution in [3.05, 3.63) is 83.7 Å². The summed E-state index contributed by atoms with van der Waals surface area (Å²) in [7, 11) is 0. The molecule has 0 saturated heterocycles. The van der Waals surface area contributed by atoms with Gasteiger partial charge in [-0.25, -0.2) is 18.0 Å². The molecule has 37 heavy (non-hydrogen) atoms. The summed E-state index contributed by atoms with van der Waals surface area (Å²) in [4.78, 5) is 12.6. The van der Waals surface area contributed by atoms with Gasteiger partial charge in [-0.3, -0.25) is 0 Å². The van der Waals surface area contributed by atoms with Gasteiger partial charge in [-0.1, -0.05) is 31.2 Å². The van der Waals surface area contributed by atoms with Crippen molar-refractivity contribution in [1.29, 1.82) is 0 Å². The standard InChI is InChI=1S/C31H35F3O3/c1-3-5-6-7-20-8-9-22-16-23(11-10-21(22)15-20)30-27(33)17-24(18-28(30)34)31(35)37-25-12-13-29(26(32)19-25)36-14-4-2/h3-5,12-13,17-23H,2,6-11,14-16H2,1H3/b5-3+. The molecule has 198 valence electrons. The van der Waals surface area contributed by atoms with E-state index in [4.69, 9.17) is 9.47 Å². The maximum absolute atomic E-state index is 15.2. The minimum absolute atomic E-state index is 0.0157. The Morgan fingerprint density at radius 3 is 2.43 bits per heavy atom. The zero-order valence-corrected chi connectivity index (χ0v) is 21.4. The van der Waals surface area contributed by atoms with Crippen LogP contribution in [-0.2, 0) is 0 Å². The molecule has 0 amide bonds. The van der Waals surface area contributed by atoms with Gasteiger partial charge in [0.1, 0.15) is 24.0 Å². The lowest BCUT2D eigenvalue weighted by atomic mass is 9.63. The van der Waals surface area contributed by atoms with Gasteiger partial charge in [-0.15, -0.1) is 0 Å². The van der Waals surface area contributed by atoms with E-state index in [0.29, 0.717) is 11.8 Å². The van der Waals surface area contributed by atoms with Gasteiger partial charge in [-0.05, 0) is 99.8 Å². The second-order valence-electron chi connectivity index (χ2n) is 10.3. The van der Waals surface area contributed by atoms with Crippen molar-refractivity contribution in [3.63, 3.8) is 0 Å². The first-order valence-electron chi connectivity index (χ1n) is 13.2. The van der Waals surface area contributed by atoms with Gasteiger partial charge in [0.05, 0.1) is 5.56 Å². The Morgan fingerprint density at radius 1 is 1.00 bits per heavy atom. The number of fused-ring (bicyclic) bond motifs is 1. The SMILES string of the molecule is C=CCOc1ccc(OC(=O)c2cc(F)c(C3CCC4CC(CC/C=C/C)CCC4C3)c(F)c2)cc1F.